The fourth-order valence-corrected chi connectivity index (χ4v) is 4.89. The minimum Gasteiger partial charge on any atom is -0.497 e. The molecular weight excluding hydrogens is 460 g/mol. The number of rotatable bonds is 6. The van der Waals surface area contributed by atoms with E-state index in [1.165, 1.54) is 0 Å². The molecule has 1 fully saturated rings. The van der Waals surface area contributed by atoms with Crippen LogP contribution in [0, 0.1) is 0 Å². The van der Waals surface area contributed by atoms with Gasteiger partial charge in [-0.2, -0.15) is 0 Å². The molecule has 2 aliphatic rings. The van der Waals surface area contributed by atoms with E-state index in [4.69, 9.17) is 14.5 Å². The third kappa shape index (κ3) is 4.17. The average Bonchev–Trinajstić information content (AvgIpc) is 3.66. The molecule has 0 spiro atoms. The van der Waals surface area contributed by atoms with E-state index in [1.807, 2.05) is 41.4 Å². The highest BCUT2D eigenvalue weighted by atomic mass is 16.5. The van der Waals surface area contributed by atoms with E-state index >= 15 is 0 Å². The fourth-order valence-electron chi connectivity index (χ4n) is 4.89. The molecule has 1 unspecified atom stereocenters. The molecule has 1 amide bonds. The number of anilines is 2. The van der Waals surface area contributed by atoms with Crippen molar-refractivity contribution in [2.45, 2.75) is 25.6 Å². The smallest absolute Gasteiger partial charge is 0.253 e. The van der Waals surface area contributed by atoms with E-state index < -0.39 is 0 Å². The monoisotopic (exact) mass is 486 g/mol. The molecule has 184 valence electrons. The number of methoxy groups -OCH3 is 2. The molecule has 1 saturated heterocycles. The summed E-state index contributed by atoms with van der Waals surface area (Å²) in [5, 5.41) is 13.9. The number of likely N-dealkylation sites (tertiary alicyclic amines) is 1. The van der Waals surface area contributed by atoms with Gasteiger partial charge in [0.2, 0.25) is 5.95 Å². The number of hydrogen-bond acceptors (Lipinski definition) is 9. The highest BCUT2D eigenvalue weighted by molar-refractivity contribution is 5.97. The van der Waals surface area contributed by atoms with Crippen LogP contribution in [-0.2, 0) is 13.1 Å². The molecule has 0 radical (unpaired) electrons. The Morgan fingerprint density at radius 2 is 1.94 bits per heavy atom. The lowest BCUT2D eigenvalue weighted by atomic mass is 10.2. The summed E-state index contributed by atoms with van der Waals surface area (Å²) in [7, 11) is 3.23. The van der Waals surface area contributed by atoms with Crippen molar-refractivity contribution in [3.63, 3.8) is 0 Å². The van der Waals surface area contributed by atoms with Gasteiger partial charge in [0.05, 0.1) is 25.4 Å². The van der Waals surface area contributed by atoms with Gasteiger partial charge in [-0.15, -0.1) is 5.10 Å². The zero-order valence-electron chi connectivity index (χ0n) is 20.1. The topological polar surface area (TPSA) is 121 Å². The Morgan fingerprint density at radius 3 is 2.75 bits per heavy atom. The SMILES string of the molecule is COc1cc(Nc2ncc3c(n2)CN(C2CCN(C(=O)c4ccc5[nH]nnc5c4)C2)C3)cc(OC)c1. The number of H-pyrrole nitrogens is 1. The molecule has 2 N–H and O–H groups in total. The Labute approximate surface area is 207 Å². The van der Waals surface area contributed by atoms with Gasteiger partial charge in [0.1, 0.15) is 17.0 Å². The van der Waals surface area contributed by atoms with Crippen molar-refractivity contribution in [2.24, 2.45) is 0 Å². The summed E-state index contributed by atoms with van der Waals surface area (Å²) in [5.74, 6) is 1.92. The molecule has 0 aliphatic carbocycles. The molecule has 0 bridgehead atoms. The molecule has 11 nitrogen and oxygen atoms in total. The Hall–Kier alpha value is -4.25. The fraction of sp³-hybridized carbons (Fsp3) is 0.320. The lowest BCUT2D eigenvalue weighted by Gasteiger charge is -2.23. The van der Waals surface area contributed by atoms with Crippen LogP contribution in [0.15, 0.2) is 42.6 Å². The molecule has 6 rings (SSSR count). The normalized spacial score (nSPS) is 17.4. The van der Waals surface area contributed by atoms with Crippen LogP contribution in [-0.4, -0.2) is 74.4 Å². The number of hydrogen-bond donors (Lipinski definition) is 2. The number of aromatic amines is 1. The highest BCUT2D eigenvalue weighted by Gasteiger charge is 2.34. The first-order chi connectivity index (χ1) is 17.6. The first-order valence-corrected chi connectivity index (χ1v) is 11.8. The lowest BCUT2D eigenvalue weighted by molar-refractivity contribution is 0.0776. The molecule has 11 heteroatoms. The summed E-state index contributed by atoms with van der Waals surface area (Å²) in [6.45, 7) is 2.92. The van der Waals surface area contributed by atoms with Gasteiger partial charge in [-0.3, -0.25) is 14.8 Å². The predicted molar refractivity (Wildman–Crippen MR) is 132 cm³/mol. The van der Waals surface area contributed by atoms with Crippen molar-refractivity contribution in [1.29, 1.82) is 0 Å². The Balaban J connectivity index is 1.11. The molecule has 36 heavy (non-hydrogen) atoms. The summed E-state index contributed by atoms with van der Waals surface area (Å²) in [6, 6.07) is 11.3. The summed E-state index contributed by atoms with van der Waals surface area (Å²) in [4.78, 5) is 26.7. The number of ether oxygens (including phenoxy) is 2. The van der Waals surface area contributed by atoms with Crippen LogP contribution in [0.4, 0.5) is 11.6 Å². The van der Waals surface area contributed by atoms with Crippen molar-refractivity contribution >= 4 is 28.6 Å². The lowest BCUT2D eigenvalue weighted by Crippen LogP contribution is -2.36. The second-order valence-corrected chi connectivity index (χ2v) is 9.03. The van der Waals surface area contributed by atoms with Crippen molar-refractivity contribution in [3.05, 3.63) is 59.4 Å². The van der Waals surface area contributed by atoms with E-state index in [9.17, 15) is 4.79 Å². The number of aromatic nitrogens is 5. The van der Waals surface area contributed by atoms with Crippen LogP contribution >= 0.6 is 0 Å². The minimum atomic E-state index is 0.0270. The van der Waals surface area contributed by atoms with Gasteiger partial charge in [0, 0.05) is 73.4 Å². The second-order valence-electron chi connectivity index (χ2n) is 9.03. The van der Waals surface area contributed by atoms with E-state index in [2.05, 4.69) is 30.6 Å². The second kappa shape index (κ2) is 9.08. The molecule has 2 aromatic heterocycles. The van der Waals surface area contributed by atoms with Crippen LogP contribution in [0.3, 0.4) is 0 Å². The third-order valence-electron chi connectivity index (χ3n) is 6.83. The van der Waals surface area contributed by atoms with Gasteiger partial charge >= 0.3 is 0 Å². The molecule has 2 aromatic carbocycles. The van der Waals surface area contributed by atoms with Gasteiger partial charge in [-0.25, -0.2) is 9.97 Å². The molecule has 4 aromatic rings. The molecular formula is C25H26N8O3. The largest absolute Gasteiger partial charge is 0.497 e. The maximum Gasteiger partial charge on any atom is 0.253 e. The molecule has 1 atom stereocenters. The van der Waals surface area contributed by atoms with Gasteiger partial charge < -0.3 is 19.7 Å². The summed E-state index contributed by atoms with van der Waals surface area (Å²) in [6.07, 6.45) is 2.81. The minimum absolute atomic E-state index is 0.0270. The summed E-state index contributed by atoms with van der Waals surface area (Å²) < 4.78 is 10.7. The highest BCUT2D eigenvalue weighted by Crippen LogP contribution is 2.30. The molecule has 2 aliphatic heterocycles. The first-order valence-electron chi connectivity index (χ1n) is 11.8. The maximum atomic E-state index is 13.1. The molecule has 0 saturated carbocycles. The quantitative estimate of drug-likeness (QED) is 0.424. The number of fused-ring (bicyclic) bond motifs is 2. The van der Waals surface area contributed by atoms with Crippen molar-refractivity contribution in [2.75, 3.05) is 32.6 Å². The van der Waals surface area contributed by atoms with Crippen molar-refractivity contribution in [1.82, 2.24) is 35.2 Å². The number of nitrogens with one attached hydrogen (secondary N) is 2. The van der Waals surface area contributed by atoms with Crippen molar-refractivity contribution < 1.29 is 14.3 Å². The Bertz CT molecular complexity index is 1420. The first kappa shape index (κ1) is 22.2. The van der Waals surface area contributed by atoms with Gasteiger partial charge in [0.15, 0.2) is 0 Å². The van der Waals surface area contributed by atoms with Crippen LogP contribution in [0.1, 0.15) is 28.0 Å². The molecule has 4 heterocycles. The van der Waals surface area contributed by atoms with Gasteiger partial charge in [-0.1, -0.05) is 5.21 Å². The van der Waals surface area contributed by atoms with E-state index in [0.29, 0.717) is 35.1 Å². The maximum absolute atomic E-state index is 13.1. The van der Waals surface area contributed by atoms with Crippen LogP contribution < -0.4 is 14.8 Å². The number of benzene rings is 2. The zero-order chi connectivity index (χ0) is 24.6. The van der Waals surface area contributed by atoms with E-state index in [-0.39, 0.29) is 11.9 Å². The predicted octanol–water partition coefficient (Wildman–Crippen LogP) is 2.74. The number of nitrogens with zero attached hydrogens (tertiary/aromatic N) is 6. The van der Waals surface area contributed by atoms with Gasteiger partial charge in [0.25, 0.3) is 5.91 Å². The number of carbonyl (C=O) groups is 1. The average molecular weight is 487 g/mol. The Morgan fingerprint density at radius 1 is 1.11 bits per heavy atom. The van der Waals surface area contributed by atoms with E-state index in [1.54, 1.807) is 20.3 Å². The van der Waals surface area contributed by atoms with Gasteiger partial charge in [-0.05, 0) is 24.6 Å². The van der Waals surface area contributed by atoms with Crippen LogP contribution in [0.25, 0.3) is 11.0 Å². The third-order valence-corrected chi connectivity index (χ3v) is 6.83. The van der Waals surface area contributed by atoms with Crippen LogP contribution in [0.2, 0.25) is 0 Å². The standard InChI is InChI=1S/C25H26N8O3/c1-35-19-8-17(9-20(10-19)36-2)27-25-26-11-16-12-33(14-23(16)28-25)18-5-6-32(13-18)24(34)15-3-4-21-22(7-15)30-31-29-21/h3-4,7-11,18H,5-6,12-14H2,1-2H3,(H,26,27,28)(H,29,30,31). The van der Waals surface area contributed by atoms with Crippen molar-refractivity contribution in [3.8, 4) is 11.5 Å². The summed E-state index contributed by atoms with van der Waals surface area (Å²) >= 11 is 0. The Kier molecular flexibility index (Phi) is 5.61. The van der Waals surface area contributed by atoms with Crippen LogP contribution in [0.5, 0.6) is 11.5 Å². The number of amides is 1. The van der Waals surface area contributed by atoms with E-state index in [0.717, 1.165) is 48.5 Å². The summed E-state index contributed by atoms with van der Waals surface area (Å²) in [5.41, 5.74) is 5.06. The number of carbonyl (C=O) groups excluding carboxylic acids is 1. The zero-order valence-corrected chi connectivity index (χ0v) is 20.1.